The zero-order valence-electron chi connectivity index (χ0n) is 11.2. The van der Waals surface area contributed by atoms with Crippen molar-refractivity contribution in [2.24, 2.45) is 0 Å². The van der Waals surface area contributed by atoms with Gasteiger partial charge in [0.25, 0.3) is 5.91 Å². The molecule has 0 spiro atoms. The van der Waals surface area contributed by atoms with Gasteiger partial charge < -0.3 is 5.32 Å². The van der Waals surface area contributed by atoms with E-state index in [-0.39, 0.29) is 12.0 Å². The number of carbonyl (C=O) groups excluding carboxylic acids is 1. The highest BCUT2D eigenvalue weighted by atomic mass is 19.4. The highest BCUT2D eigenvalue weighted by Gasteiger charge is 2.32. The van der Waals surface area contributed by atoms with Crippen LogP contribution in [0.2, 0.25) is 0 Å². The number of hydrogen-bond acceptors (Lipinski definition) is 3. The lowest BCUT2D eigenvalue weighted by molar-refractivity contribution is -0.141. The first-order chi connectivity index (χ1) is 10.4. The van der Waals surface area contributed by atoms with Gasteiger partial charge in [0, 0.05) is 11.9 Å². The topological polar surface area (TPSA) is 65.8 Å². The van der Waals surface area contributed by atoms with Crippen LogP contribution in [-0.4, -0.2) is 10.9 Å². The van der Waals surface area contributed by atoms with Crippen LogP contribution in [0.1, 0.15) is 21.6 Å². The van der Waals surface area contributed by atoms with E-state index in [1.807, 2.05) is 6.07 Å². The van der Waals surface area contributed by atoms with Gasteiger partial charge in [-0.05, 0) is 29.8 Å². The van der Waals surface area contributed by atoms with Crippen LogP contribution in [0, 0.1) is 11.3 Å². The Bertz CT molecular complexity index is 701. The Morgan fingerprint density at radius 1 is 1.18 bits per heavy atom. The number of carbonyl (C=O) groups is 1. The van der Waals surface area contributed by atoms with Crippen LogP contribution in [0.5, 0.6) is 0 Å². The smallest absolute Gasteiger partial charge is 0.322 e. The van der Waals surface area contributed by atoms with E-state index in [2.05, 4.69) is 10.3 Å². The van der Waals surface area contributed by atoms with Crippen LogP contribution >= 0.6 is 0 Å². The Balaban J connectivity index is 2.07. The number of rotatable bonds is 3. The normalized spacial score (nSPS) is 10.8. The molecule has 112 valence electrons. The third kappa shape index (κ3) is 3.82. The summed E-state index contributed by atoms with van der Waals surface area (Å²) in [7, 11) is 0. The summed E-state index contributed by atoms with van der Waals surface area (Å²) >= 11 is 0. The number of nitrogens with one attached hydrogen (secondary N) is 1. The molecular weight excluding hydrogens is 295 g/mol. The maximum atomic E-state index is 12.4. The molecule has 22 heavy (non-hydrogen) atoms. The predicted molar refractivity (Wildman–Crippen MR) is 73.0 cm³/mol. The van der Waals surface area contributed by atoms with Gasteiger partial charge in [-0.15, -0.1) is 0 Å². The van der Waals surface area contributed by atoms with Gasteiger partial charge in [-0.3, -0.25) is 9.78 Å². The van der Waals surface area contributed by atoms with E-state index >= 15 is 0 Å². The van der Waals surface area contributed by atoms with E-state index in [0.717, 1.165) is 23.9 Å². The average molecular weight is 305 g/mol. The number of pyridine rings is 1. The molecule has 1 amide bonds. The maximum Gasteiger partial charge on any atom is 0.433 e. The molecule has 2 rings (SSSR count). The summed E-state index contributed by atoms with van der Waals surface area (Å²) in [5.41, 5.74) is 0.252. The van der Waals surface area contributed by atoms with Gasteiger partial charge in [0.2, 0.25) is 0 Å². The fourth-order valence-corrected chi connectivity index (χ4v) is 1.70. The summed E-state index contributed by atoms with van der Waals surface area (Å²) in [4.78, 5) is 15.1. The minimum Gasteiger partial charge on any atom is -0.322 e. The zero-order valence-corrected chi connectivity index (χ0v) is 11.2. The van der Waals surface area contributed by atoms with Crippen LogP contribution in [0.15, 0.2) is 42.6 Å². The minimum absolute atomic E-state index is 0.0223. The predicted octanol–water partition coefficient (Wildman–Crippen LogP) is 3.42. The molecule has 0 aliphatic carbocycles. The molecule has 1 N–H and O–H groups in total. The summed E-state index contributed by atoms with van der Waals surface area (Å²) in [6.07, 6.45) is -3.40. The fraction of sp³-hybridized carbons (Fsp3) is 0.133. The molecule has 1 heterocycles. The molecule has 0 bridgehead atoms. The van der Waals surface area contributed by atoms with Crippen molar-refractivity contribution in [3.05, 3.63) is 59.4 Å². The molecule has 2 aromatic rings. The molecule has 0 aliphatic heterocycles. The van der Waals surface area contributed by atoms with Gasteiger partial charge in [-0.25, -0.2) is 0 Å². The number of benzene rings is 1. The van der Waals surface area contributed by atoms with Crippen molar-refractivity contribution in [1.82, 2.24) is 4.98 Å². The Morgan fingerprint density at radius 2 is 1.86 bits per heavy atom. The van der Waals surface area contributed by atoms with Crippen molar-refractivity contribution in [3.63, 3.8) is 0 Å². The first kappa shape index (κ1) is 15.5. The highest BCUT2D eigenvalue weighted by Crippen LogP contribution is 2.27. The average Bonchev–Trinajstić information content (AvgIpc) is 2.49. The van der Waals surface area contributed by atoms with Crippen molar-refractivity contribution in [2.45, 2.75) is 12.6 Å². The molecular formula is C15H10F3N3O. The quantitative estimate of drug-likeness (QED) is 0.945. The standard InChI is InChI=1S/C15H10F3N3O/c16-15(17,18)13-6-3-11(9-20-13)14(22)21-12-4-1-10(2-5-12)7-8-19/h1-6,9H,7H2,(H,21,22). The van der Waals surface area contributed by atoms with Gasteiger partial charge in [0.1, 0.15) is 5.69 Å². The molecule has 1 aromatic carbocycles. The molecule has 4 nitrogen and oxygen atoms in total. The number of anilines is 1. The van der Waals surface area contributed by atoms with Gasteiger partial charge in [0.05, 0.1) is 18.1 Å². The molecule has 0 saturated heterocycles. The number of aromatic nitrogens is 1. The summed E-state index contributed by atoms with van der Waals surface area (Å²) in [6.45, 7) is 0. The number of hydrogen-bond donors (Lipinski definition) is 1. The Hall–Kier alpha value is -2.88. The van der Waals surface area contributed by atoms with E-state index in [9.17, 15) is 18.0 Å². The van der Waals surface area contributed by atoms with Gasteiger partial charge in [-0.1, -0.05) is 12.1 Å². The number of nitrogens with zero attached hydrogens (tertiary/aromatic N) is 2. The molecule has 0 fully saturated rings. The first-order valence-electron chi connectivity index (χ1n) is 6.20. The van der Waals surface area contributed by atoms with E-state index in [1.165, 1.54) is 0 Å². The molecule has 0 atom stereocenters. The van der Waals surface area contributed by atoms with Crippen LogP contribution in [-0.2, 0) is 12.6 Å². The third-order valence-electron chi connectivity index (χ3n) is 2.81. The molecule has 1 aromatic heterocycles. The second kappa shape index (κ2) is 6.26. The summed E-state index contributed by atoms with van der Waals surface area (Å²) in [5.74, 6) is -0.561. The second-order valence-electron chi connectivity index (χ2n) is 4.42. The van der Waals surface area contributed by atoms with E-state index in [4.69, 9.17) is 5.26 Å². The number of alkyl halides is 3. The van der Waals surface area contributed by atoms with E-state index in [0.29, 0.717) is 5.69 Å². The molecule has 0 saturated carbocycles. The second-order valence-corrected chi connectivity index (χ2v) is 4.42. The zero-order chi connectivity index (χ0) is 16.2. The van der Waals surface area contributed by atoms with Gasteiger partial charge in [0.15, 0.2) is 0 Å². The number of nitriles is 1. The van der Waals surface area contributed by atoms with Crippen molar-refractivity contribution in [1.29, 1.82) is 5.26 Å². The maximum absolute atomic E-state index is 12.4. The Kier molecular flexibility index (Phi) is 4.41. The molecule has 0 unspecified atom stereocenters. The summed E-state index contributed by atoms with van der Waals surface area (Å²) < 4.78 is 37.1. The largest absolute Gasteiger partial charge is 0.433 e. The third-order valence-corrected chi connectivity index (χ3v) is 2.81. The van der Waals surface area contributed by atoms with Crippen molar-refractivity contribution < 1.29 is 18.0 Å². The molecule has 0 aliphatic rings. The fourth-order valence-electron chi connectivity index (χ4n) is 1.70. The monoisotopic (exact) mass is 305 g/mol. The highest BCUT2D eigenvalue weighted by molar-refractivity contribution is 6.04. The van der Waals surface area contributed by atoms with Crippen LogP contribution < -0.4 is 5.32 Å². The van der Waals surface area contributed by atoms with Crippen molar-refractivity contribution in [2.75, 3.05) is 5.32 Å². The lowest BCUT2D eigenvalue weighted by atomic mass is 10.1. The SMILES string of the molecule is N#CCc1ccc(NC(=O)c2ccc(C(F)(F)F)nc2)cc1. The van der Waals surface area contributed by atoms with Gasteiger partial charge >= 0.3 is 6.18 Å². The first-order valence-corrected chi connectivity index (χ1v) is 6.20. The van der Waals surface area contributed by atoms with E-state index in [1.54, 1.807) is 24.3 Å². The van der Waals surface area contributed by atoms with Crippen LogP contribution in [0.3, 0.4) is 0 Å². The summed E-state index contributed by atoms with van der Waals surface area (Å²) in [5, 5.41) is 11.1. The van der Waals surface area contributed by atoms with Crippen molar-refractivity contribution in [3.8, 4) is 6.07 Å². The minimum atomic E-state index is -4.54. The number of amides is 1. The molecule has 0 radical (unpaired) electrons. The Morgan fingerprint density at radius 3 is 2.36 bits per heavy atom. The Labute approximate surface area is 124 Å². The molecule has 7 heteroatoms. The van der Waals surface area contributed by atoms with E-state index < -0.39 is 17.8 Å². The summed E-state index contributed by atoms with van der Waals surface area (Å²) in [6, 6.07) is 10.4. The van der Waals surface area contributed by atoms with Crippen molar-refractivity contribution >= 4 is 11.6 Å². The van der Waals surface area contributed by atoms with Crippen LogP contribution in [0.4, 0.5) is 18.9 Å². The van der Waals surface area contributed by atoms with Gasteiger partial charge in [-0.2, -0.15) is 18.4 Å². The lowest BCUT2D eigenvalue weighted by Crippen LogP contribution is -2.14. The van der Waals surface area contributed by atoms with Crippen LogP contribution in [0.25, 0.3) is 0 Å². The lowest BCUT2D eigenvalue weighted by Gasteiger charge is -2.08. The number of halogens is 3.